The first kappa shape index (κ1) is 19.8. The zero-order chi connectivity index (χ0) is 20.1. The maximum atomic E-state index is 13.2. The van der Waals surface area contributed by atoms with Gasteiger partial charge in [-0.25, -0.2) is 0 Å². The zero-order valence-corrected chi connectivity index (χ0v) is 17.0. The molecule has 0 atom stereocenters. The van der Waals surface area contributed by atoms with Crippen LogP contribution in [0.3, 0.4) is 0 Å². The summed E-state index contributed by atoms with van der Waals surface area (Å²) >= 11 is 0. The minimum absolute atomic E-state index is 0.00736. The first-order valence-electron chi connectivity index (χ1n) is 10.5. The van der Waals surface area contributed by atoms with Crippen LogP contribution in [0.5, 0.6) is 11.5 Å². The van der Waals surface area contributed by atoms with Crippen molar-refractivity contribution in [2.24, 2.45) is 0 Å². The number of nitrogens with one attached hydrogen (secondary N) is 2. The highest BCUT2D eigenvalue weighted by Crippen LogP contribution is 2.32. The second kappa shape index (κ2) is 8.86. The monoisotopic (exact) mass is 398 g/mol. The molecule has 2 aromatic rings. The van der Waals surface area contributed by atoms with E-state index < -0.39 is 5.54 Å². The van der Waals surface area contributed by atoms with E-state index in [9.17, 15) is 4.79 Å². The number of benzene rings is 1. The highest BCUT2D eigenvalue weighted by Gasteiger charge is 2.41. The molecule has 0 radical (unpaired) electrons. The van der Waals surface area contributed by atoms with Gasteiger partial charge in [0.05, 0.1) is 13.2 Å². The van der Waals surface area contributed by atoms with Crippen LogP contribution in [0, 0.1) is 0 Å². The molecule has 0 spiro atoms. The predicted molar refractivity (Wildman–Crippen MR) is 110 cm³/mol. The number of carbonyl (C=O) groups is 1. The summed E-state index contributed by atoms with van der Waals surface area (Å²) < 4.78 is 13.5. The molecule has 2 heterocycles. The Morgan fingerprint density at radius 1 is 1.28 bits per heavy atom. The number of amides is 1. The fourth-order valence-corrected chi connectivity index (χ4v) is 4.37. The van der Waals surface area contributed by atoms with Gasteiger partial charge < -0.3 is 20.1 Å². The molecule has 0 unspecified atom stereocenters. The van der Waals surface area contributed by atoms with Crippen LogP contribution in [0.2, 0.25) is 0 Å². The molecule has 1 amide bonds. The van der Waals surface area contributed by atoms with Crippen molar-refractivity contribution in [1.82, 2.24) is 20.4 Å². The van der Waals surface area contributed by atoms with Crippen LogP contribution in [-0.2, 0) is 16.9 Å². The molecule has 7 heteroatoms. The summed E-state index contributed by atoms with van der Waals surface area (Å²) in [6.07, 6.45) is 9.99. The van der Waals surface area contributed by atoms with E-state index in [1.54, 1.807) is 13.3 Å². The summed E-state index contributed by atoms with van der Waals surface area (Å²) in [5.41, 5.74) is 0.350. The summed E-state index contributed by atoms with van der Waals surface area (Å²) in [6, 6.07) is 7.76. The quantitative estimate of drug-likeness (QED) is 0.750. The average molecular weight is 399 g/mol. The molecule has 1 saturated carbocycles. The smallest absolute Gasteiger partial charge is 0.248 e. The van der Waals surface area contributed by atoms with E-state index in [0.29, 0.717) is 12.3 Å². The number of methoxy groups -OCH3 is 1. The number of hydrogen-bond acceptors (Lipinski definition) is 5. The van der Waals surface area contributed by atoms with Crippen LogP contribution in [0.1, 0.15) is 44.1 Å². The molecule has 1 saturated heterocycles. The first-order chi connectivity index (χ1) is 14.2. The fraction of sp³-hybridized carbons (Fsp3) is 0.545. The largest absolute Gasteiger partial charge is 0.493 e. The lowest BCUT2D eigenvalue weighted by Crippen LogP contribution is -2.54. The highest BCUT2D eigenvalue weighted by atomic mass is 16.5. The molecule has 2 aliphatic rings. The molecule has 156 valence electrons. The SMILES string of the molecule is COc1cc(CNC(=O)C2(n3cccn3)CCNCC2)ccc1OC1CCCC1. The minimum atomic E-state index is -0.635. The maximum absolute atomic E-state index is 13.2. The van der Waals surface area contributed by atoms with Crippen LogP contribution < -0.4 is 20.1 Å². The van der Waals surface area contributed by atoms with Crippen LogP contribution in [0.25, 0.3) is 0 Å². The fourth-order valence-electron chi connectivity index (χ4n) is 4.37. The molecule has 1 aromatic carbocycles. The van der Waals surface area contributed by atoms with Crippen molar-refractivity contribution in [2.45, 2.75) is 56.7 Å². The number of ether oxygens (including phenoxy) is 2. The van der Waals surface area contributed by atoms with Gasteiger partial charge in [-0.15, -0.1) is 0 Å². The maximum Gasteiger partial charge on any atom is 0.248 e. The minimum Gasteiger partial charge on any atom is -0.493 e. The van der Waals surface area contributed by atoms with Crippen molar-refractivity contribution in [3.63, 3.8) is 0 Å². The summed E-state index contributed by atoms with van der Waals surface area (Å²) in [5, 5.41) is 10.8. The van der Waals surface area contributed by atoms with Gasteiger partial charge >= 0.3 is 0 Å². The number of piperidine rings is 1. The topological polar surface area (TPSA) is 77.4 Å². The Morgan fingerprint density at radius 2 is 2.07 bits per heavy atom. The Balaban J connectivity index is 1.44. The molecular formula is C22H30N4O3. The lowest BCUT2D eigenvalue weighted by Gasteiger charge is -2.36. The summed E-state index contributed by atoms with van der Waals surface area (Å²) in [6.45, 7) is 2.04. The van der Waals surface area contributed by atoms with Crippen LogP contribution >= 0.6 is 0 Å². The molecule has 7 nitrogen and oxygen atoms in total. The molecular weight excluding hydrogens is 368 g/mol. The molecule has 2 N–H and O–H groups in total. The van der Waals surface area contributed by atoms with E-state index in [4.69, 9.17) is 9.47 Å². The third-order valence-electron chi connectivity index (χ3n) is 6.07. The van der Waals surface area contributed by atoms with E-state index >= 15 is 0 Å². The average Bonchev–Trinajstić information content (AvgIpc) is 3.48. The van der Waals surface area contributed by atoms with Crippen molar-refractivity contribution >= 4 is 5.91 Å². The third-order valence-corrected chi connectivity index (χ3v) is 6.07. The molecule has 1 aromatic heterocycles. The van der Waals surface area contributed by atoms with Crippen molar-refractivity contribution in [3.05, 3.63) is 42.2 Å². The van der Waals surface area contributed by atoms with Gasteiger partial charge in [-0.3, -0.25) is 9.48 Å². The normalized spacial score (nSPS) is 19.1. The Labute approximate surface area is 171 Å². The van der Waals surface area contributed by atoms with Crippen LogP contribution in [0.15, 0.2) is 36.7 Å². The molecule has 2 fully saturated rings. The van der Waals surface area contributed by atoms with E-state index in [1.165, 1.54) is 12.8 Å². The molecule has 29 heavy (non-hydrogen) atoms. The van der Waals surface area contributed by atoms with Crippen molar-refractivity contribution in [3.8, 4) is 11.5 Å². The van der Waals surface area contributed by atoms with Gasteiger partial charge in [-0.1, -0.05) is 6.07 Å². The Bertz CT molecular complexity index is 809. The lowest BCUT2D eigenvalue weighted by atomic mass is 9.87. The van der Waals surface area contributed by atoms with Gasteiger partial charge in [0.1, 0.15) is 5.54 Å². The van der Waals surface area contributed by atoms with E-state index in [1.807, 2.05) is 35.1 Å². The lowest BCUT2D eigenvalue weighted by molar-refractivity contribution is -0.132. The van der Waals surface area contributed by atoms with Gasteiger partial charge in [0.2, 0.25) is 5.91 Å². The van der Waals surface area contributed by atoms with Crippen LogP contribution in [0.4, 0.5) is 0 Å². The highest BCUT2D eigenvalue weighted by molar-refractivity contribution is 5.84. The molecule has 1 aliphatic heterocycles. The summed E-state index contributed by atoms with van der Waals surface area (Å²) in [4.78, 5) is 13.2. The van der Waals surface area contributed by atoms with Crippen molar-refractivity contribution < 1.29 is 14.3 Å². The number of hydrogen-bond donors (Lipinski definition) is 2. The predicted octanol–water partition coefficient (Wildman–Crippen LogP) is 2.61. The summed E-state index contributed by atoms with van der Waals surface area (Å²) in [7, 11) is 1.65. The molecule has 4 rings (SSSR count). The van der Waals surface area contributed by atoms with Gasteiger partial charge in [-0.05, 0) is 75.4 Å². The van der Waals surface area contributed by atoms with E-state index in [-0.39, 0.29) is 12.0 Å². The van der Waals surface area contributed by atoms with Gasteiger partial charge in [0.15, 0.2) is 11.5 Å². The van der Waals surface area contributed by atoms with E-state index in [2.05, 4.69) is 15.7 Å². The Hall–Kier alpha value is -2.54. The van der Waals surface area contributed by atoms with Gasteiger partial charge in [0.25, 0.3) is 0 Å². The van der Waals surface area contributed by atoms with Crippen molar-refractivity contribution in [1.29, 1.82) is 0 Å². The first-order valence-corrected chi connectivity index (χ1v) is 10.5. The number of aromatic nitrogens is 2. The second-order valence-corrected chi connectivity index (χ2v) is 7.92. The Kier molecular flexibility index (Phi) is 6.04. The zero-order valence-electron chi connectivity index (χ0n) is 17.0. The standard InChI is InChI=1S/C22H30N4O3/c1-28-20-15-17(7-8-19(20)29-18-5-2-3-6-18)16-24-21(27)22(9-12-23-13-10-22)26-14-4-11-25-26/h4,7-8,11,14-15,18,23H,2-3,5-6,9-10,12-13,16H2,1H3,(H,24,27). The number of rotatable bonds is 7. The van der Waals surface area contributed by atoms with E-state index in [0.717, 1.165) is 50.1 Å². The Morgan fingerprint density at radius 3 is 2.76 bits per heavy atom. The second-order valence-electron chi connectivity index (χ2n) is 7.92. The van der Waals surface area contributed by atoms with Crippen molar-refractivity contribution in [2.75, 3.05) is 20.2 Å². The molecule has 0 bridgehead atoms. The van der Waals surface area contributed by atoms with Gasteiger partial charge in [0, 0.05) is 18.9 Å². The third kappa shape index (κ3) is 4.24. The molecule has 1 aliphatic carbocycles. The number of carbonyl (C=O) groups excluding carboxylic acids is 1. The van der Waals surface area contributed by atoms with Crippen LogP contribution in [-0.4, -0.2) is 42.0 Å². The van der Waals surface area contributed by atoms with Gasteiger partial charge in [-0.2, -0.15) is 5.10 Å². The number of nitrogens with zero attached hydrogens (tertiary/aromatic N) is 2. The summed E-state index contributed by atoms with van der Waals surface area (Å²) in [5.74, 6) is 1.50.